The van der Waals surface area contributed by atoms with Crippen molar-refractivity contribution in [3.8, 4) is 17.3 Å². The van der Waals surface area contributed by atoms with E-state index in [1.807, 2.05) is 30.1 Å². The number of ether oxygens (including phenoxy) is 1. The Morgan fingerprint density at radius 2 is 2.11 bits per heavy atom. The topological polar surface area (TPSA) is 91.6 Å². The van der Waals surface area contributed by atoms with E-state index in [9.17, 15) is 0 Å². The molecule has 0 amide bonds. The van der Waals surface area contributed by atoms with Gasteiger partial charge in [0.1, 0.15) is 18.2 Å². The third kappa shape index (κ3) is 6.13. The number of aliphatic imine (C=N–C) groups is 1. The molecule has 2 aromatic heterocycles. The number of rotatable bonds is 7. The van der Waals surface area contributed by atoms with Gasteiger partial charge in [0.25, 0.3) is 0 Å². The van der Waals surface area contributed by atoms with Crippen molar-refractivity contribution in [3.63, 3.8) is 0 Å². The lowest BCUT2D eigenvalue weighted by molar-refractivity contribution is 0.281. The lowest BCUT2D eigenvalue weighted by Gasteiger charge is -2.21. The standard InChI is InChI=1S/C18H21ClN6O2.HI/c1-20-18(25(2)9-11-26-14-7-5-13(19)6-8-14)21-12-16-22-17(24-23-16)15-4-3-10-27-15;/h3-8,10H,9,11-12H2,1-2H3,(H,20,21)(H,22,23,24);1H. The Morgan fingerprint density at radius 1 is 1.32 bits per heavy atom. The van der Waals surface area contributed by atoms with E-state index >= 15 is 0 Å². The first-order valence-electron chi connectivity index (χ1n) is 8.41. The Morgan fingerprint density at radius 3 is 2.79 bits per heavy atom. The minimum Gasteiger partial charge on any atom is -0.492 e. The summed E-state index contributed by atoms with van der Waals surface area (Å²) < 4.78 is 11.0. The van der Waals surface area contributed by atoms with Crippen LogP contribution in [-0.4, -0.2) is 53.3 Å². The first-order chi connectivity index (χ1) is 13.2. The fraction of sp³-hybridized carbons (Fsp3) is 0.278. The van der Waals surface area contributed by atoms with Crippen LogP contribution in [-0.2, 0) is 6.54 Å². The normalized spacial score (nSPS) is 11.0. The summed E-state index contributed by atoms with van der Waals surface area (Å²) in [4.78, 5) is 10.6. The molecule has 0 aliphatic carbocycles. The van der Waals surface area contributed by atoms with Crippen molar-refractivity contribution in [2.24, 2.45) is 4.99 Å². The number of hydrogen-bond acceptors (Lipinski definition) is 5. The molecule has 10 heteroatoms. The molecular weight excluding hydrogens is 495 g/mol. The summed E-state index contributed by atoms with van der Waals surface area (Å²) in [5.41, 5.74) is 0. The largest absolute Gasteiger partial charge is 0.492 e. The van der Waals surface area contributed by atoms with Crippen molar-refractivity contribution < 1.29 is 9.15 Å². The van der Waals surface area contributed by atoms with E-state index in [4.69, 9.17) is 20.8 Å². The maximum Gasteiger partial charge on any atom is 0.216 e. The number of hydrogen-bond donors (Lipinski definition) is 2. The number of furan rings is 1. The highest BCUT2D eigenvalue weighted by Gasteiger charge is 2.10. The van der Waals surface area contributed by atoms with Gasteiger partial charge in [0.15, 0.2) is 11.7 Å². The van der Waals surface area contributed by atoms with Gasteiger partial charge >= 0.3 is 0 Å². The second-order valence-corrected chi connectivity index (χ2v) is 6.14. The number of likely N-dealkylation sites (N-methyl/N-ethyl adjacent to an activating group) is 1. The molecule has 150 valence electrons. The molecule has 0 saturated heterocycles. The minimum atomic E-state index is 0. The zero-order valence-electron chi connectivity index (χ0n) is 15.6. The Hall–Kier alpha value is -2.27. The summed E-state index contributed by atoms with van der Waals surface area (Å²) in [6.45, 7) is 1.64. The number of aromatic nitrogens is 3. The quantitative estimate of drug-likeness (QED) is 0.284. The van der Waals surface area contributed by atoms with Crippen LogP contribution in [0.4, 0.5) is 0 Å². The molecule has 0 atom stereocenters. The molecule has 2 N–H and O–H groups in total. The fourth-order valence-electron chi connectivity index (χ4n) is 2.38. The number of halogens is 2. The van der Waals surface area contributed by atoms with Gasteiger partial charge in [0, 0.05) is 19.1 Å². The van der Waals surface area contributed by atoms with Crippen LogP contribution in [0.5, 0.6) is 5.75 Å². The maximum absolute atomic E-state index is 5.87. The van der Waals surface area contributed by atoms with E-state index in [0.29, 0.717) is 42.1 Å². The molecular formula is C18H22ClIN6O2. The molecule has 8 nitrogen and oxygen atoms in total. The van der Waals surface area contributed by atoms with Crippen molar-refractivity contribution in [1.29, 1.82) is 0 Å². The molecule has 3 aromatic rings. The number of benzene rings is 1. The number of nitrogens with zero attached hydrogens (tertiary/aromatic N) is 4. The Bertz CT molecular complexity index is 867. The summed E-state index contributed by atoms with van der Waals surface area (Å²) in [7, 11) is 3.67. The van der Waals surface area contributed by atoms with E-state index in [1.165, 1.54) is 0 Å². The number of H-pyrrole nitrogens is 1. The van der Waals surface area contributed by atoms with Gasteiger partial charge in [-0.2, -0.15) is 0 Å². The summed E-state index contributed by atoms with van der Waals surface area (Å²) in [6, 6.07) is 10.9. The molecule has 1 aromatic carbocycles. The average molecular weight is 517 g/mol. The number of nitrogens with one attached hydrogen (secondary N) is 2. The van der Waals surface area contributed by atoms with Crippen LogP contribution in [0.25, 0.3) is 11.6 Å². The smallest absolute Gasteiger partial charge is 0.216 e. The highest BCUT2D eigenvalue weighted by Crippen LogP contribution is 2.15. The van der Waals surface area contributed by atoms with Gasteiger partial charge in [-0.15, -0.1) is 29.1 Å². The highest BCUT2D eigenvalue weighted by molar-refractivity contribution is 14.0. The van der Waals surface area contributed by atoms with E-state index in [0.717, 1.165) is 11.7 Å². The molecule has 0 radical (unpaired) electrons. The molecule has 0 aliphatic rings. The molecule has 2 heterocycles. The summed E-state index contributed by atoms with van der Waals surface area (Å²) in [5.74, 6) is 3.34. The minimum absolute atomic E-state index is 0. The van der Waals surface area contributed by atoms with Gasteiger partial charge in [-0.25, -0.2) is 4.98 Å². The van der Waals surface area contributed by atoms with Crippen LogP contribution >= 0.6 is 35.6 Å². The monoisotopic (exact) mass is 516 g/mol. The summed E-state index contributed by atoms with van der Waals surface area (Å²) >= 11 is 5.87. The molecule has 0 fully saturated rings. The first-order valence-corrected chi connectivity index (χ1v) is 8.79. The van der Waals surface area contributed by atoms with Gasteiger partial charge in [0.05, 0.1) is 19.4 Å². The van der Waals surface area contributed by atoms with Crippen LogP contribution in [0.15, 0.2) is 52.1 Å². The third-order valence-corrected chi connectivity index (χ3v) is 4.02. The lowest BCUT2D eigenvalue weighted by atomic mass is 10.3. The highest BCUT2D eigenvalue weighted by atomic mass is 127. The zero-order chi connectivity index (χ0) is 19.1. The zero-order valence-corrected chi connectivity index (χ0v) is 18.6. The van der Waals surface area contributed by atoms with E-state index in [-0.39, 0.29) is 24.0 Å². The van der Waals surface area contributed by atoms with Crippen LogP contribution in [0.2, 0.25) is 5.02 Å². The molecule has 0 saturated carbocycles. The Kier molecular flexibility index (Phi) is 8.58. The van der Waals surface area contributed by atoms with Crippen molar-refractivity contribution in [2.45, 2.75) is 6.54 Å². The van der Waals surface area contributed by atoms with Crippen LogP contribution in [0.1, 0.15) is 5.82 Å². The maximum atomic E-state index is 5.87. The second kappa shape index (κ2) is 10.9. The molecule has 28 heavy (non-hydrogen) atoms. The summed E-state index contributed by atoms with van der Waals surface area (Å²) in [6.07, 6.45) is 1.59. The fourth-order valence-corrected chi connectivity index (χ4v) is 2.50. The van der Waals surface area contributed by atoms with Gasteiger partial charge in [0.2, 0.25) is 5.82 Å². The third-order valence-electron chi connectivity index (χ3n) is 3.77. The van der Waals surface area contributed by atoms with Gasteiger partial charge in [-0.1, -0.05) is 11.6 Å². The van der Waals surface area contributed by atoms with E-state index in [2.05, 4.69) is 25.5 Å². The molecule has 0 bridgehead atoms. The first kappa shape index (κ1) is 22.0. The lowest BCUT2D eigenvalue weighted by Crippen LogP contribution is -2.40. The average Bonchev–Trinajstić information content (AvgIpc) is 3.35. The van der Waals surface area contributed by atoms with Crippen molar-refractivity contribution in [1.82, 2.24) is 25.4 Å². The second-order valence-electron chi connectivity index (χ2n) is 5.71. The molecule has 0 spiro atoms. The Balaban J connectivity index is 0.00000280. The van der Waals surface area contributed by atoms with Gasteiger partial charge in [-0.05, 0) is 36.4 Å². The van der Waals surface area contributed by atoms with Crippen molar-refractivity contribution >= 4 is 41.5 Å². The molecule has 0 unspecified atom stereocenters. The molecule has 0 aliphatic heterocycles. The van der Waals surface area contributed by atoms with E-state index in [1.54, 1.807) is 31.5 Å². The number of aromatic amines is 1. The van der Waals surface area contributed by atoms with Crippen molar-refractivity contribution in [3.05, 3.63) is 53.5 Å². The predicted molar refractivity (Wildman–Crippen MR) is 119 cm³/mol. The Labute approximate surface area is 185 Å². The van der Waals surface area contributed by atoms with Crippen LogP contribution in [0.3, 0.4) is 0 Å². The van der Waals surface area contributed by atoms with Crippen LogP contribution in [0, 0.1) is 0 Å². The molecule has 3 rings (SSSR count). The SMILES string of the molecule is CN=C(NCc1nc(-c2ccco2)n[nH]1)N(C)CCOc1ccc(Cl)cc1.I. The van der Waals surface area contributed by atoms with E-state index < -0.39 is 0 Å². The van der Waals surface area contributed by atoms with Gasteiger partial charge < -0.3 is 19.4 Å². The van der Waals surface area contributed by atoms with Crippen molar-refractivity contribution in [2.75, 3.05) is 27.2 Å². The predicted octanol–water partition coefficient (Wildman–Crippen LogP) is 3.42. The number of guanidine groups is 1. The summed E-state index contributed by atoms with van der Waals surface area (Å²) in [5, 5.41) is 11.0. The van der Waals surface area contributed by atoms with Crippen LogP contribution < -0.4 is 10.1 Å². The van der Waals surface area contributed by atoms with Gasteiger partial charge in [-0.3, -0.25) is 10.1 Å².